The van der Waals surface area contributed by atoms with Gasteiger partial charge in [-0.2, -0.15) is 13.2 Å². The van der Waals surface area contributed by atoms with E-state index in [1.807, 2.05) is 6.07 Å². The van der Waals surface area contributed by atoms with E-state index in [0.717, 1.165) is 6.42 Å². The van der Waals surface area contributed by atoms with Crippen LogP contribution in [-0.2, 0) is 0 Å². The van der Waals surface area contributed by atoms with Gasteiger partial charge >= 0.3 is 6.18 Å². The van der Waals surface area contributed by atoms with E-state index >= 15 is 0 Å². The van der Waals surface area contributed by atoms with Crippen LogP contribution in [0, 0.1) is 0 Å². The lowest BCUT2D eigenvalue weighted by Gasteiger charge is -2.38. The normalized spacial score (nSPS) is 22.2. The summed E-state index contributed by atoms with van der Waals surface area (Å²) in [5.41, 5.74) is 0.671. The topological polar surface area (TPSA) is 3.24 Å². The average molecular weight is 229 g/mol. The van der Waals surface area contributed by atoms with Crippen LogP contribution < -0.4 is 4.90 Å². The van der Waals surface area contributed by atoms with Crippen LogP contribution in [0.4, 0.5) is 18.9 Å². The molecule has 4 heteroatoms. The summed E-state index contributed by atoms with van der Waals surface area (Å²) in [6.07, 6.45) is -2.43. The Morgan fingerprint density at radius 1 is 1.06 bits per heavy atom. The number of alkyl halides is 3. The predicted octanol–water partition coefficient (Wildman–Crippen LogP) is 3.61. The number of benzene rings is 1. The minimum atomic E-state index is -4.13. The Balaban J connectivity index is 2.24. The van der Waals surface area contributed by atoms with Gasteiger partial charge in [-0.3, -0.25) is 0 Å². The summed E-state index contributed by atoms with van der Waals surface area (Å²) in [6, 6.07) is 7.53. The second-order valence-corrected chi connectivity index (χ2v) is 4.08. The molecule has 0 bridgehead atoms. The van der Waals surface area contributed by atoms with Crippen molar-refractivity contribution in [2.24, 2.45) is 0 Å². The molecule has 1 aromatic rings. The maximum absolute atomic E-state index is 12.8. The molecular weight excluding hydrogens is 215 g/mol. The van der Waals surface area contributed by atoms with Gasteiger partial charge in [-0.05, 0) is 31.4 Å². The number of hydrogen-bond donors (Lipinski definition) is 0. The summed E-state index contributed by atoms with van der Waals surface area (Å²) in [4.78, 5) is 1.48. The summed E-state index contributed by atoms with van der Waals surface area (Å²) >= 11 is 0. The van der Waals surface area contributed by atoms with Crippen molar-refractivity contribution in [1.82, 2.24) is 0 Å². The van der Waals surface area contributed by atoms with Crippen molar-refractivity contribution in [3.8, 4) is 0 Å². The molecule has 1 aliphatic rings. The van der Waals surface area contributed by atoms with E-state index in [9.17, 15) is 13.2 Å². The van der Waals surface area contributed by atoms with Crippen LogP contribution in [0.3, 0.4) is 0 Å². The summed E-state index contributed by atoms with van der Waals surface area (Å²) in [7, 11) is 0. The second-order valence-electron chi connectivity index (χ2n) is 4.08. The fourth-order valence-corrected chi connectivity index (χ4v) is 2.20. The summed E-state index contributed by atoms with van der Waals surface area (Å²) in [5, 5.41) is 0. The van der Waals surface area contributed by atoms with Gasteiger partial charge in [0.25, 0.3) is 0 Å². The van der Waals surface area contributed by atoms with Crippen LogP contribution in [0.5, 0.6) is 0 Å². The molecule has 1 nitrogen and oxygen atoms in total. The van der Waals surface area contributed by atoms with E-state index in [1.54, 1.807) is 24.3 Å². The van der Waals surface area contributed by atoms with E-state index in [0.29, 0.717) is 18.7 Å². The van der Waals surface area contributed by atoms with Crippen LogP contribution in [0.15, 0.2) is 30.3 Å². The number of rotatable bonds is 1. The maximum Gasteiger partial charge on any atom is 0.408 e. The smallest absolute Gasteiger partial charge is 0.360 e. The molecule has 2 rings (SSSR count). The molecule has 88 valence electrons. The number of halogens is 3. The zero-order chi connectivity index (χ0) is 11.6. The van der Waals surface area contributed by atoms with Gasteiger partial charge in [-0.15, -0.1) is 0 Å². The molecule has 1 unspecified atom stereocenters. The number of nitrogens with zero attached hydrogens (tertiary/aromatic N) is 1. The quantitative estimate of drug-likeness (QED) is 0.711. The zero-order valence-electron chi connectivity index (χ0n) is 8.87. The van der Waals surface area contributed by atoms with E-state index in [4.69, 9.17) is 0 Å². The highest BCUT2D eigenvalue weighted by molar-refractivity contribution is 5.47. The summed E-state index contributed by atoms with van der Waals surface area (Å²) in [6.45, 7) is 0.494. The lowest BCUT2D eigenvalue weighted by molar-refractivity contribution is -0.152. The Kier molecular flexibility index (Phi) is 3.08. The van der Waals surface area contributed by atoms with Crippen molar-refractivity contribution in [2.75, 3.05) is 11.4 Å². The minimum absolute atomic E-state index is 0.207. The summed E-state index contributed by atoms with van der Waals surface area (Å²) < 4.78 is 38.5. The molecule has 0 spiro atoms. The third-order valence-corrected chi connectivity index (χ3v) is 2.97. The van der Waals surface area contributed by atoms with Gasteiger partial charge in [0.2, 0.25) is 0 Å². The molecule has 1 saturated heterocycles. The summed E-state index contributed by atoms with van der Waals surface area (Å²) in [5.74, 6) is 0. The highest BCUT2D eigenvalue weighted by Crippen LogP contribution is 2.34. The van der Waals surface area contributed by atoms with Crippen molar-refractivity contribution in [2.45, 2.75) is 31.5 Å². The second kappa shape index (κ2) is 4.36. The lowest BCUT2D eigenvalue weighted by Crippen LogP contribution is -2.48. The van der Waals surface area contributed by atoms with Gasteiger partial charge in [0.05, 0.1) is 0 Å². The number of anilines is 1. The van der Waals surface area contributed by atoms with Crippen molar-refractivity contribution in [3.05, 3.63) is 30.3 Å². The third-order valence-electron chi connectivity index (χ3n) is 2.97. The van der Waals surface area contributed by atoms with E-state index < -0.39 is 12.2 Å². The Morgan fingerprint density at radius 3 is 2.38 bits per heavy atom. The fraction of sp³-hybridized carbons (Fsp3) is 0.500. The molecule has 1 atom stereocenters. The fourth-order valence-electron chi connectivity index (χ4n) is 2.20. The van der Waals surface area contributed by atoms with Crippen LogP contribution in [0.2, 0.25) is 0 Å². The molecule has 0 aliphatic carbocycles. The third kappa shape index (κ3) is 2.31. The van der Waals surface area contributed by atoms with Crippen molar-refractivity contribution in [3.63, 3.8) is 0 Å². The first-order valence-corrected chi connectivity index (χ1v) is 5.47. The van der Waals surface area contributed by atoms with Crippen LogP contribution in [0.25, 0.3) is 0 Å². The van der Waals surface area contributed by atoms with Gasteiger partial charge in [0, 0.05) is 12.2 Å². The minimum Gasteiger partial charge on any atom is -0.360 e. The molecule has 1 fully saturated rings. The SMILES string of the molecule is FC(F)(F)C1CCCCN1c1ccccc1. The largest absolute Gasteiger partial charge is 0.408 e. The molecule has 0 saturated carbocycles. The Morgan fingerprint density at radius 2 is 1.75 bits per heavy atom. The molecule has 1 aromatic carbocycles. The Hall–Kier alpha value is -1.19. The lowest BCUT2D eigenvalue weighted by atomic mass is 10.0. The van der Waals surface area contributed by atoms with Crippen LogP contribution in [-0.4, -0.2) is 18.8 Å². The van der Waals surface area contributed by atoms with E-state index in [-0.39, 0.29) is 6.42 Å². The van der Waals surface area contributed by atoms with E-state index in [2.05, 4.69) is 0 Å². The van der Waals surface area contributed by atoms with Crippen molar-refractivity contribution < 1.29 is 13.2 Å². The van der Waals surface area contributed by atoms with Crippen molar-refractivity contribution in [1.29, 1.82) is 0 Å². The van der Waals surface area contributed by atoms with Crippen LogP contribution in [0.1, 0.15) is 19.3 Å². The monoisotopic (exact) mass is 229 g/mol. The average Bonchev–Trinajstić information content (AvgIpc) is 2.29. The van der Waals surface area contributed by atoms with Gasteiger partial charge < -0.3 is 4.90 Å². The van der Waals surface area contributed by atoms with Gasteiger partial charge in [0.15, 0.2) is 0 Å². The standard InChI is InChI=1S/C12H14F3N/c13-12(14,15)11-8-4-5-9-16(11)10-6-2-1-3-7-10/h1-3,6-7,11H,4-5,8-9H2. The van der Waals surface area contributed by atoms with Gasteiger partial charge in [-0.25, -0.2) is 0 Å². The first-order valence-electron chi connectivity index (χ1n) is 5.47. The molecule has 1 aliphatic heterocycles. The van der Waals surface area contributed by atoms with E-state index in [1.165, 1.54) is 4.90 Å². The molecular formula is C12H14F3N. The van der Waals surface area contributed by atoms with Crippen LogP contribution >= 0.6 is 0 Å². The Labute approximate surface area is 92.9 Å². The first kappa shape index (κ1) is 11.3. The maximum atomic E-state index is 12.8. The van der Waals surface area contributed by atoms with Gasteiger partial charge in [-0.1, -0.05) is 18.2 Å². The molecule has 0 radical (unpaired) electrons. The highest BCUT2D eigenvalue weighted by atomic mass is 19.4. The molecule has 16 heavy (non-hydrogen) atoms. The first-order chi connectivity index (χ1) is 7.59. The number of hydrogen-bond acceptors (Lipinski definition) is 1. The molecule has 1 heterocycles. The van der Waals surface area contributed by atoms with Crippen molar-refractivity contribution >= 4 is 5.69 Å². The number of para-hydroxylation sites is 1. The highest BCUT2D eigenvalue weighted by Gasteiger charge is 2.44. The molecule has 0 aromatic heterocycles. The predicted molar refractivity (Wildman–Crippen MR) is 57.5 cm³/mol. The zero-order valence-corrected chi connectivity index (χ0v) is 8.87. The Bertz CT molecular complexity index is 334. The number of piperidine rings is 1. The molecule has 0 N–H and O–H groups in total. The molecule has 0 amide bonds. The van der Waals surface area contributed by atoms with Gasteiger partial charge in [0.1, 0.15) is 6.04 Å².